The monoisotopic (exact) mass is 263 g/mol. The van der Waals surface area contributed by atoms with Gasteiger partial charge in [0.05, 0.1) is 0 Å². The molecule has 0 amide bonds. The number of hydrazine groups is 1. The zero-order valence-corrected chi connectivity index (χ0v) is 11.5. The molecule has 3 rings (SSSR count). The summed E-state index contributed by atoms with van der Waals surface area (Å²) in [6.45, 7) is 0. The third-order valence-corrected chi connectivity index (χ3v) is 5.71. The van der Waals surface area contributed by atoms with E-state index in [9.17, 15) is 0 Å². The molecule has 0 aromatic carbocycles. The molecule has 1 fully saturated rings. The molecule has 1 aliphatic carbocycles. The minimum atomic E-state index is 0.381. The summed E-state index contributed by atoms with van der Waals surface area (Å²) in [5, 5.41) is 0.660. The van der Waals surface area contributed by atoms with Crippen molar-refractivity contribution in [2.45, 2.75) is 49.3 Å². The summed E-state index contributed by atoms with van der Waals surface area (Å²) in [5.74, 6) is 7.63. The molecule has 0 radical (unpaired) electrons. The summed E-state index contributed by atoms with van der Waals surface area (Å²) < 4.78 is 0. The smallest absolute Gasteiger partial charge is 0.0482 e. The van der Waals surface area contributed by atoms with Crippen LogP contribution in [-0.4, -0.2) is 22.0 Å². The van der Waals surface area contributed by atoms with E-state index in [1.807, 2.05) is 6.20 Å². The first-order chi connectivity index (χ1) is 8.90. The van der Waals surface area contributed by atoms with Crippen molar-refractivity contribution in [3.63, 3.8) is 0 Å². The number of hydrogen-bond acceptors (Lipinski definition) is 4. The molecule has 1 aromatic rings. The average molecular weight is 263 g/mol. The van der Waals surface area contributed by atoms with E-state index in [0.717, 1.165) is 0 Å². The molecule has 0 bridgehead atoms. The Hall–Kier alpha value is -0.580. The number of nitrogens with two attached hydrogens (primary N) is 1. The maximum Gasteiger partial charge on any atom is 0.0482 e. The number of rotatable bonds is 3. The molecule has 1 aliphatic heterocycles. The minimum Gasteiger partial charge on any atom is -0.271 e. The number of aryl methyl sites for hydroxylation is 1. The Bertz CT molecular complexity index is 404. The lowest BCUT2D eigenvalue weighted by atomic mass is 9.80. The van der Waals surface area contributed by atoms with Crippen molar-refractivity contribution in [2.24, 2.45) is 5.84 Å². The van der Waals surface area contributed by atoms with Gasteiger partial charge in [0, 0.05) is 29.1 Å². The number of aromatic nitrogens is 1. The number of hydrogen-bond donors (Lipinski definition) is 2. The Balaban J connectivity index is 1.87. The summed E-state index contributed by atoms with van der Waals surface area (Å²) in [6, 6.07) is 4.66. The molecule has 3 nitrogen and oxygen atoms in total. The molecule has 4 heteroatoms. The highest BCUT2D eigenvalue weighted by Crippen LogP contribution is 2.39. The predicted octanol–water partition coefficient (Wildman–Crippen LogP) is 2.23. The van der Waals surface area contributed by atoms with E-state index >= 15 is 0 Å². The molecular formula is C14H21N3S. The first-order valence-electron chi connectivity index (χ1n) is 6.91. The number of thioether (sulfide) groups is 1. The Kier molecular flexibility index (Phi) is 3.87. The predicted molar refractivity (Wildman–Crippen MR) is 76.5 cm³/mol. The van der Waals surface area contributed by atoms with Gasteiger partial charge in [-0.3, -0.25) is 16.3 Å². The summed E-state index contributed by atoms with van der Waals surface area (Å²) in [4.78, 5) is 4.64. The van der Waals surface area contributed by atoms with Crippen molar-refractivity contribution in [3.05, 3.63) is 29.6 Å². The zero-order valence-electron chi connectivity index (χ0n) is 10.6. The van der Waals surface area contributed by atoms with Crippen molar-refractivity contribution < 1.29 is 0 Å². The molecule has 0 saturated carbocycles. The van der Waals surface area contributed by atoms with Gasteiger partial charge < -0.3 is 0 Å². The van der Waals surface area contributed by atoms with Crippen LogP contribution in [0.5, 0.6) is 0 Å². The fourth-order valence-corrected chi connectivity index (χ4v) is 4.81. The van der Waals surface area contributed by atoms with E-state index in [1.165, 1.54) is 49.1 Å². The molecular weight excluding hydrogens is 242 g/mol. The summed E-state index contributed by atoms with van der Waals surface area (Å²) in [6.07, 6.45) is 8.20. The maximum absolute atomic E-state index is 5.85. The minimum absolute atomic E-state index is 0.381. The third kappa shape index (κ3) is 2.29. The largest absolute Gasteiger partial charge is 0.271 e. The fraction of sp³-hybridized carbons (Fsp3) is 0.643. The van der Waals surface area contributed by atoms with Crippen LogP contribution in [0.4, 0.5) is 0 Å². The second kappa shape index (κ2) is 5.59. The van der Waals surface area contributed by atoms with Gasteiger partial charge in [0.2, 0.25) is 0 Å². The second-order valence-corrected chi connectivity index (χ2v) is 6.64. The van der Waals surface area contributed by atoms with Gasteiger partial charge >= 0.3 is 0 Å². The molecule has 2 heterocycles. The van der Waals surface area contributed by atoms with Crippen LogP contribution in [0.2, 0.25) is 0 Å². The number of nitrogens with zero attached hydrogens (tertiary/aromatic N) is 1. The van der Waals surface area contributed by atoms with E-state index in [4.69, 9.17) is 5.84 Å². The lowest BCUT2D eigenvalue weighted by Gasteiger charge is -2.34. The first-order valence-corrected chi connectivity index (χ1v) is 7.96. The van der Waals surface area contributed by atoms with Gasteiger partial charge in [-0.05, 0) is 49.5 Å². The molecule has 3 N–H and O–H groups in total. The molecule has 1 aromatic heterocycles. The van der Waals surface area contributed by atoms with Crippen molar-refractivity contribution in [3.8, 4) is 0 Å². The van der Waals surface area contributed by atoms with Crippen LogP contribution < -0.4 is 11.3 Å². The standard InChI is InChI=1S/C14H21N3S/c15-17-14(12-7-3-9-18-12)11-6-1-4-10-5-2-8-16-13(10)11/h2,5,8,11-12,14,17H,1,3-4,6-7,9,15H2. The van der Waals surface area contributed by atoms with Crippen LogP contribution in [0.3, 0.4) is 0 Å². The van der Waals surface area contributed by atoms with Gasteiger partial charge in [0.25, 0.3) is 0 Å². The summed E-state index contributed by atoms with van der Waals surface area (Å²) in [7, 11) is 0. The van der Waals surface area contributed by atoms with E-state index in [0.29, 0.717) is 17.2 Å². The highest BCUT2D eigenvalue weighted by molar-refractivity contribution is 8.00. The van der Waals surface area contributed by atoms with Crippen LogP contribution >= 0.6 is 11.8 Å². The fourth-order valence-electron chi connectivity index (χ4n) is 3.36. The quantitative estimate of drug-likeness (QED) is 0.648. The van der Waals surface area contributed by atoms with Crippen LogP contribution in [0.1, 0.15) is 42.9 Å². The van der Waals surface area contributed by atoms with Crippen LogP contribution in [0, 0.1) is 0 Å². The Morgan fingerprint density at radius 3 is 3.11 bits per heavy atom. The molecule has 2 aliphatic rings. The molecule has 98 valence electrons. The van der Waals surface area contributed by atoms with Gasteiger partial charge in [-0.25, -0.2) is 0 Å². The number of nitrogens with one attached hydrogen (secondary N) is 1. The van der Waals surface area contributed by atoms with Gasteiger partial charge in [-0.1, -0.05) is 6.07 Å². The summed E-state index contributed by atoms with van der Waals surface area (Å²) in [5.41, 5.74) is 5.81. The van der Waals surface area contributed by atoms with E-state index < -0.39 is 0 Å². The number of fused-ring (bicyclic) bond motifs is 1. The van der Waals surface area contributed by atoms with Gasteiger partial charge in [0.1, 0.15) is 0 Å². The van der Waals surface area contributed by atoms with Crippen LogP contribution in [-0.2, 0) is 6.42 Å². The molecule has 18 heavy (non-hydrogen) atoms. The Morgan fingerprint density at radius 1 is 1.39 bits per heavy atom. The maximum atomic E-state index is 5.85. The topological polar surface area (TPSA) is 50.9 Å². The third-order valence-electron chi connectivity index (χ3n) is 4.23. The summed E-state index contributed by atoms with van der Waals surface area (Å²) >= 11 is 2.07. The zero-order chi connectivity index (χ0) is 12.4. The molecule has 3 atom stereocenters. The molecule has 3 unspecified atom stereocenters. The molecule has 0 spiro atoms. The van der Waals surface area contributed by atoms with Crippen molar-refractivity contribution >= 4 is 11.8 Å². The Labute approximate surface area is 113 Å². The van der Waals surface area contributed by atoms with E-state index in [1.54, 1.807) is 0 Å². The highest BCUT2D eigenvalue weighted by Gasteiger charge is 2.35. The van der Waals surface area contributed by atoms with Crippen molar-refractivity contribution in [1.82, 2.24) is 10.4 Å². The van der Waals surface area contributed by atoms with Gasteiger partial charge in [-0.15, -0.1) is 0 Å². The van der Waals surface area contributed by atoms with Gasteiger partial charge in [0.15, 0.2) is 0 Å². The second-order valence-electron chi connectivity index (χ2n) is 5.29. The van der Waals surface area contributed by atoms with Crippen LogP contribution in [0.25, 0.3) is 0 Å². The lowest BCUT2D eigenvalue weighted by molar-refractivity contribution is 0.376. The van der Waals surface area contributed by atoms with Gasteiger partial charge in [-0.2, -0.15) is 11.8 Å². The Morgan fingerprint density at radius 2 is 2.33 bits per heavy atom. The van der Waals surface area contributed by atoms with Crippen LogP contribution in [0.15, 0.2) is 18.3 Å². The lowest BCUT2D eigenvalue weighted by Crippen LogP contribution is -2.47. The highest BCUT2D eigenvalue weighted by atomic mass is 32.2. The van der Waals surface area contributed by atoms with Crippen molar-refractivity contribution in [2.75, 3.05) is 5.75 Å². The molecule has 1 saturated heterocycles. The number of pyridine rings is 1. The van der Waals surface area contributed by atoms with E-state index in [2.05, 4.69) is 34.3 Å². The average Bonchev–Trinajstić information content (AvgIpc) is 2.94. The van der Waals surface area contributed by atoms with Crippen molar-refractivity contribution in [1.29, 1.82) is 0 Å². The normalized spacial score (nSPS) is 28.9. The first kappa shape index (κ1) is 12.5. The SMILES string of the molecule is NNC(C1CCCS1)C1CCCc2cccnc21. The van der Waals surface area contributed by atoms with E-state index in [-0.39, 0.29) is 0 Å².